The molecule has 0 amide bonds. The smallest absolute Gasteiger partial charge is 0.0951 e. The van der Waals surface area contributed by atoms with E-state index in [1.54, 1.807) is 0 Å². The lowest BCUT2D eigenvalue weighted by Gasteiger charge is -2.35. The summed E-state index contributed by atoms with van der Waals surface area (Å²) in [7, 11) is 0. The van der Waals surface area contributed by atoms with Crippen LogP contribution in [0.15, 0.2) is 12.5 Å². The molecule has 0 saturated heterocycles. The third-order valence-corrected chi connectivity index (χ3v) is 4.50. The van der Waals surface area contributed by atoms with Crippen molar-refractivity contribution in [3.8, 4) is 0 Å². The third kappa shape index (κ3) is 2.94. The zero-order chi connectivity index (χ0) is 13.0. The molecule has 1 fully saturated rings. The fraction of sp³-hybridized carbons (Fsp3) is 0.800. The molecular formula is C15H27N3. The SMILES string of the molecule is CCCNCc1cncn1C1CCCC(C)C1C. The highest BCUT2D eigenvalue weighted by atomic mass is 15.1. The van der Waals surface area contributed by atoms with E-state index in [4.69, 9.17) is 0 Å². The summed E-state index contributed by atoms with van der Waals surface area (Å²) in [6.07, 6.45) is 9.29. The molecule has 3 heteroatoms. The lowest BCUT2D eigenvalue weighted by Crippen LogP contribution is -2.28. The molecule has 0 radical (unpaired) electrons. The Morgan fingerprint density at radius 3 is 3.00 bits per heavy atom. The van der Waals surface area contributed by atoms with E-state index in [-0.39, 0.29) is 0 Å². The van der Waals surface area contributed by atoms with Crippen molar-refractivity contribution in [2.45, 2.75) is 59.0 Å². The number of rotatable bonds is 5. The molecule has 0 aliphatic heterocycles. The summed E-state index contributed by atoms with van der Waals surface area (Å²) >= 11 is 0. The Kier molecular flexibility index (Phi) is 4.81. The fourth-order valence-corrected chi connectivity index (χ4v) is 3.11. The molecule has 1 aromatic heterocycles. The molecule has 3 atom stereocenters. The molecule has 1 heterocycles. The van der Waals surface area contributed by atoms with Gasteiger partial charge < -0.3 is 9.88 Å². The average Bonchev–Trinajstić information content (AvgIpc) is 2.81. The second-order valence-electron chi connectivity index (χ2n) is 5.80. The minimum Gasteiger partial charge on any atom is -0.330 e. The highest BCUT2D eigenvalue weighted by Gasteiger charge is 2.29. The molecule has 0 bridgehead atoms. The van der Waals surface area contributed by atoms with Crippen LogP contribution in [-0.2, 0) is 6.54 Å². The first-order chi connectivity index (χ1) is 8.74. The standard InChI is InChI=1S/C15H27N3/c1-4-8-16-9-14-10-17-11-18(14)15-7-5-6-12(2)13(15)3/h10-13,15-16H,4-9H2,1-3H3. The topological polar surface area (TPSA) is 29.9 Å². The Morgan fingerprint density at radius 1 is 1.39 bits per heavy atom. The summed E-state index contributed by atoms with van der Waals surface area (Å²) in [6, 6.07) is 0.648. The van der Waals surface area contributed by atoms with Gasteiger partial charge in [0.25, 0.3) is 0 Å². The lowest BCUT2D eigenvalue weighted by atomic mass is 9.78. The molecule has 18 heavy (non-hydrogen) atoms. The van der Waals surface area contributed by atoms with E-state index in [0.29, 0.717) is 6.04 Å². The Hall–Kier alpha value is -0.830. The molecule has 0 aromatic carbocycles. The number of hydrogen-bond donors (Lipinski definition) is 1. The van der Waals surface area contributed by atoms with Gasteiger partial charge in [-0.15, -0.1) is 0 Å². The summed E-state index contributed by atoms with van der Waals surface area (Å²) in [5.74, 6) is 1.60. The first kappa shape index (κ1) is 13.6. The van der Waals surface area contributed by atoms with Crippen molar-refractivity contribution in [2.24, 2.45) is 11.8 Å². The van der Waals surface area contributed by atoms with Crippen LogP contribution in [0.1, 0.15) is 58.2 Å². The Labute approximate surface area is 111 Å². The van der Waals surface area contributed by atoms with E-state index in [0.717, 1.165) is 24.9 Å². The van der Waals surface area contributed by atoms with E-state index in [2.05, 4.69) is 35.6 Å². The van der Waals surface area contributed by atoms with Crippen molar-refractivity contribution in [3.63, 3.8) is 0 Å². The third-order valence-electron chi connectivity index (χ3n) is 4.50. The highest BCUT2D eigenvalue weighted by Crippen LogP contribution is 2.38. The summed E-state index contributed by atoms with van der Waals surface area (Å²) in [5.41, 5.74) is 1.34. The van der Waals surface area contributed by atoms with Gasteiger partial charge in [-0.25, -0.2) is 4.98 Å². The predicted molar refractivity (Wildman–Crippen MR) is 75.4 cm³/mol. The number of aromatic nitrogens is 2. The molecule has 3 unspecified atom stereocenters. The van der Waals surface area contributed by atoms with Gasteiger partial charge in [0.05, 0.1) is 12.0 Å². The second kappa shape index (κ2) is 6.37. The molecule has 3 nitrogen and oxygen atoms in total. The predicted octanol–water partition coefficient (Wildman–Crippen LogP) is 3.38. The van der Waals surface area contributed by atoms with Gasteiger partial charge in [0.2, 0.25) is 0 Å². The lowest BCUT2D eigenvalue weighted by molar-refractivity contribution is 0.183. The van der Waals surface area contributed by atoms with E-state index < -0.39 is 0 Å². The monoisotopic (exact) mass is 249 g/mol. The number of hydrogen-bond acceptors (Lipinski definition) is 2. The minimum atomic E-state index is 0.648. The van der Waals surface area contributed by atoms with Gasteiger partial charge in [0.1, 0.15) is 0 Å². The summed E-state index contributed by atoms with van der Waals surface area (Å²) in [6.45, 7) is 9.03. The van der Waals surface area contributed by atoms with E-state index in [9.17, 15) is 0 Å². The van der Waals surface area contributed by atoms with Crippen molar-refractivity contribution in [3.05, 3.63) is 18.2 Å². The van der Waals surface area contributed by atoms with Crippen molar-refractivity contribution in [1.82, 2.24) is 14.9 Å². The Balaban J connectivity index is 2.05. The largest absolute Gasteiger partial charge is 0.330 e. The van der Waals surface area contributed by atoms with Gasteiger partial charge in [0, 0.05) is 18.8 Å². The first-order valence-electron chi connectivity index (χ1n) is 7.45. The van der Waals surface area contributed by atoms with Crippen LogP contribution in [0.5, 0.6) is 0 Å². The molecule has 1 aliphatic carbocycles. The van der Waals surface area contributed by atoms with Crippen LogP contribution in [0.25, 0.3) is 0 Å². The molecule has 102 valence electrons. The quantitative estimate of drug-likeness (QED) is 0.811. The summed E-state index contributed by atoms with van der Waals surface area (Å²) < 4.78 is 2.42. The number of nitrogens with one attached hydrogen (secondary N) is 1. The molecule has 1 saturated carbocycles. The van der Waals surface area contributed by atoms with Crippen molar-refractivity contribution in [1.29, 1.82) is 0 Å². The van der Waals surface area contributed by atoms with E-state index in [1.165, 1.54) is 31.4 Å². The van der Waals surface area contributed by atoms with Crippen molar-refractivity contribution >= 4 is 0 Å². The Bertz CT molecular complexity index is 358. The van der Waals surface area contributed by atoms with Gasteiger partial charge in [-0.2, -0.15) is 0 Å². The first-order valence-corrected chi connectivity index (χ1v) is 7.45. The average molecular weight is 249 g/mol. The van der Waals surface area contributed by atoms with Crippen LogP contribution in [0.4, 0.5) is 0 Å². The van der Waals surface area contributed by atoms with Gasteiger partial charge in [0.15, 0.2) is 0 Å². The maximum absolute atomic E-state index is 4.36. The van der Waals surface area contributed by atoms with E-state index >= 15 is 0 Å². The normalized spacial score (nSPS) is 28.5. The fourth-order valence-electron chi connectivity index (χ4n) is 3.11. The van der Waals surface area contributed by atoms with Crippen LogP contribution < -0.4 is 5.32 Å². The molecule has 1 aliphatic rings. The molecule has 0 spiro atoms. The van der Waals surface area contributed by atoms with Gasteiger partial charge >= 0.3 is 0 Å². The second-order valence-corrected chi connectivity index (χ2v) is 5.80. The maximum atomic E-state index is 4.36. The van der Waals surface area contributed by atoms with Crippen molar-refractivity contribution < 1.29 is 0 Å². The van der Waals surface area contributed by atoms with Crippen molar-refractivity contribution in [2.75, 3.05) is 6.54 Å². The van der Waals surface area contributed by atoms with Gasteiger partial charge in [-0.05, 0) is 31.2 Å². The molecule has 1 N–H and O–H groups in total. The van der Waals surface area contributed by atoms with E-state index in [1.807, 2.05) is 12.5 Å². The van der Waals surface area contributed by atoms with Crippen LogP contribution in [-0.4, -0.2) is 16.1 Å². The number of nitrogens with zero attached hydrogens (tertiary/aromatic N) is 2. The minimum absolute atomic E-state index is 0.648. The Morgan fingerprint density at radius 2 is 2.22 bits per heavy atom. The van der Waals surface area contributed by atoms with Crippen LogP contribution in [0.2, 0.25) is 0 Å². The maximum Gasteiger partial charge on any atom is 0.0951 e. The summed E-state index contributed by atoms with van der Waals surface area (Å²) in [5, 5.41) is 3.48. The van der Waals surface area contributed by atoms with Gasteiger partial charge in [-0.3, -0.25) is 0 Å². The van der Waals surface area contributed by atoms with Crippen LogP contribution in [0, 0.1) is 11.8 Å². The van der Waals surface area contributed by atoms with Crippen LogP contribution in [0.3, 0.4) is 0 Å². The number of imidazole rings is 1. The summed E-state index contributed by atoms with van der Waals surface area (Å²) in [4.78, 5) is 4.36. The molecule has 1 aromatic rings. The molecule has 2 rings (SSSR count). The van der Waals surface area contributed by atoms with Crippen LogP contribution >= 0.6 is 0 Å². The van der Waals surface area contributed by atoms with Gasteiger partial charge in [-0.1, -0.05) is 33.6 Å². The zero-order valence-corrected chi connectivity index (χ0v) is 12.0. The zero-order valence-electron chi connectivity index (χ0n) is 12.0. The highest BCUT2D eigenvalue weighted by molar-refractivity contribution is 5.02. The molecular weight excluding hydrogens is 222 g/mol.